The van der Waals surface area contributed by atoms with Crippen LogP contribution in [-0.4, -0.2) is 24.5 Å². The molecule has 25 heavy (non-hydrogen) atoms. The highest BCUT2D eigenvalue weighted by Gasteiger charge is 2.18. The van der Waals surface area contributed by atoms with E-state index in [4.69, 9.17) is 10.00 Å². The fraction of sp³-hybridized carbons (Fsp3) is 0.211. The fourth-order valence-electron chi connectivity index (χ4n) is 2.09. The van der Waals surface area contributed by atoms with Crippen LogP contribution in [0.1, 0.15) is 28.4 Å². The van der Waals surface area contributed by atoms with Crippen molar-refractivity contribution < 1.29 is 18.7 Å². The average Bonchev–Trinajstić information content (AvgIpc) is 2.63. The number of nitrogens with zero attached hydrogens (tertiary/aromatic N) is 1. The van der Waals surface area contributed by atoms with E-state index in [0.717, 1.165) is 5.56 Å². The van der Waals surface area contributed by atoms with Crippen molar-refractivity contribution in [2.45, 2.75) is 19.4 Å². The Bertz CT molecular complexity index is 780. The monoisotopic (exact) mass is 340 g/mol. The van der Waals surface area contributed by atoms with E-state index in [2.05, 4.69) is 5.32 Å². The Kier molecular flexibility index (Phi) is 6.24. The Morgan fingerprint density at radius 3 is 2.40 bits per heavy atom. The molecule has 0 aliphatic carbocycles. The lowest BCUT2D eigenvalue weighted by molar-refractivity contribution is -0.129. The maximum atomic E-state index is 12.8. The molecule has 0 saturated heterocycles. The molecule has 0 aliphatic rings. The van der Waals surface area contributed by atoms with Crippen LogP contribution in [0.2, 0.25) is 0 Å². The van der Waals surface area contributed by atoms with Crippen LogP contribution in [0.5, 0.6) is 0 Å². The molecule has 0 unspecified atom stereocenters. The van der Waals surface area contributed by atoms with E-state index >= 15 is 0 Å². The predicted octanol–water partition coefficient (Wildman–Crippen LogP) is 2.60. The summed E-state index contributed by atoms with van der Waals surface area (Å²) >= 11 is 0. The van der Waals surface area contributed by atoms with Gasteiger partial charge in [0.2, 0.25) is 0 Å². The van der Waals surface area contributed by atoms with E-state index in [0.29, 0.717) is 18.5 Å². The number of carbonyl (C=O) groups is 2. The van der Waals surface area contributed by atoms with Crippen molar-refractivity contribution in [3.8, 4) is 6.07 Å². The molecule has 0 spiro atoms. The zero-order chi connectivity index (χ0) is 18.2. The van der Waals surface area contributed by atoms with Gasteiger partial charge in [0.1, 0.15) is 5.82 Å². The highest BCUT2D eigenvalue weighted by Crippen LogP contribution is 2.07. The third-order valence-electron chi connectivity index (χ3n) is 3.53. The topological polar surface area (TPSA) is 79.2 Å². The molecule has 0 heterocycles. The number of amides is 1. The van der Waals surface area contributed by atoms with Crippen LogP contribution >= 0.6 is 0 Å². The number of rotatable bonds is 6. The van der Waals surface area contributed by atoms with Crippen LogP contribution < -0.4 is 5.32 Å². The van der Waals surface area contributed by atoms with Gasteiger partial charge >= 0.3 is 5.97 Å². The molecule has 128 valence electrons. The molecule has 2 rings (SSSR count). The maximum Gasteiger partial charge on any atom is 0.338 e. The first-order valence-corrected chi connectivity index (χ1v) is 7.73. The Morgan fingerprint density at radius 1 is 1.16 bits per heavy atom. The second-order valence-corrected chi connectivity index (χ2v) is 5.40. The maximum absolute atomic E-state index is 12.8. The van der Waals surface area contributed by atoms with Gasteiger partial charge in [0, 0.05) is 6.54 Å². The molecule has 0 bridgehead atoms. The van der Waals surface area contributed by atoms with E-state index in [1.807, 2.05) is 6.07 Å². The lowest BCUT2D eigenvalue weighted by atomic mass is 10.1. The molecule has 6 heteroatoms. The number of hydrogen-bond donors (Lipinski definition) is 1. The van der Waals surface area contributed by atoms with E-state index in [1.165, 1.54) is 43.3 Å². The minimum Gasteiger partial charge on any atom is -0.449 e. The van der Waals surface area contributed by atoms with Crippen molar-refractivity contribution in [3.05, 3.63) is 71.0 Å². The summed E-state index contributed by atoms with van der Waals surface area (Å²) in [5.41, 5.74) is 1.59. The normalized spacial score (nSPS) is 11.2. The molecule has 1 atom stereocenters. The number of nitriles is 1. The Hall–Kier alpha value is -3.20. The van der Waals surface area contributed by atoms with Crippen LogP contribution in [0.15, 0.2) is 48.5 Å². The minimum absolute atomic E-state index is 0.268. The van der Waals surface area contributed by atoms with Gasteiger partial charge in [-0.3, -0.25) is 4.79 Å². The molecule has 2 aromatic rings. The number of halogens is 1. The molecule has 0 saturated carbocycles. The fourth-order valence-corrected chi connectivity index (χ4v) is 2.09. The molecule has 2 aromatic carbocycles. The molecule has 0 radical (unpaired) electrons. The molecular formula is C19H17FN2O3. The summed E-state index contributed by atoms with van der Waals surface area (Å²) in [6.45, 7) is 1.83. The van der Waals surface area contributed by atoms with Crippen LogP contribution in [0.4, 0.5) is 4.39 Å². The zero-order valence-electron chi connectivity index (χ0n) is 13.7. The summed E-state index contributed by atoms with van der Waals surface area (Å²) in [6, 6.07) is 13.9. The largest absolute Gasteiger partial charge is 0.449 e. The van der Waals surface area contributed by atoms with Crippen LogP contribution in [0.25, 0.3) is 0 Å². The molecule has 5 nitrogen and oxygen atoms in total. The molecule has 0 fully saturated rings. The van der Waals surface area contributed by atoms with Crippen molar-refractivity contribution in [3.63, 3.8) is 0 Å². The number of carbonyl (C=O) groups excluding carboxylic acids is 2. The minimum atomic E-state index is -0.948. The zero-order valence-corrected chi connectivity index (χ0v) is 13.7. The van der Waals surface area contributed by atoms with E-state index in [1.54, 1.807) is 12.1 Å². The number of esters is 1. The van der Waals surface area contributed by atoms with Crippen molar-refractivity contribution in [1.29, 1.82) is 5.26 Å². The smallest absolute Gasteiger partial charge is 0.338 e. The van der Waals surface area contributed by atoms with Crippen molar-refractivity contribution in [1.82, 2.24) is 5.32 Å². The molecule has 1 amide bonds. The summed E-state index contributed by atoms with van der Waals surface area (Å²) in [4.78, 5) is 23.9. The van der Waals surface area contributed by atoms with Crippen LogP contribution in [0.3, 0.4) is 0 Å². The van der Waals surface area contributed by atoms with Crippen LogP contribution in [0, 0.1) is 17.1 Å². The molecule has 0 aromatic heterocycles. The van der Waals surface area contributed by atoms with Gasteiger partial charge in [0.15, 0.2) is 6.10 Å². The first-order chi connectivity index (χ1) is 12.0. The van der Waals surface area contributed by atoms with E-state index in [9.17, 15) is 14.0 Å². The number of hydrogen-bond acceptors (Lipinski definition) is 4. The second kappa shape index (κ2) is 8.60. The standard InChI is InChI=1S/C19H17FN2O3/c1-13(25-19(24)16-6-2-15(12-21)3-7-16)18(23)22-11-10-14-4-8-17(20)9-5-14/h2-9,13H,10-11H2,1H3,(H,22,23)/t13-/m0/s1. The van der Waals surface area contributed by atoms with Crippen LogP contribution in [-0.2, 0) is 16.0 Å². The van der Waals surface area contributed by atoms with Gasteiger partial charge in [-0.25, -0.2) is 9.18 Å². The number of benzene rings is 2. The number of nitrogens with one attached hydrogen (secondary N) is 1. The summed E-state index contributed by atoms with van der Waals surface area (Å²) in [7, 11) is 0. The SMILES string of the molecule is C[C@H](OC(=O)c1ccc(C#N)cc1)C(=O)NCCc1ccc(F)cc1. The van der Waals surface area contributed by atoms with E-state index < -0.39 is 18.0 Å². The third kappa shape index (κ3) is 5.43. The highest BCUT2D eigenvalue weighted by molar-refractivity contribution is 5.92. The van der Waals surface area contributed by atoms with Gasteiger partial charge in [0.05, 0.1) is 17.2 Å². The van der Waals surface area contributed by atoms with Crippen molar-refractivity contribution in [2.75, 3.05) is 6.54 Å². The van der Waals surface area contributed by atoms with Crippen molar-refractivity contribution in [2.24, 2.45) is 0 Å². The second-order valence-electron chi connectivity index (χ2n) is 5.40. The third-order valence-corrected chi connectivity index (χ3v) is 3.53. The molecule has 1 N–H and O–H groups in total. The lowest BCUT2D eigenvalue weighted by Crippen LogP contribution is -2.36. The Morgan fingerprint density at radius 2 is 1.80 bits per heavy atom. The first-order valence-electron chi connectivity index (χ1n) is 7.73. The van der Waals surface area contributed by atoms with Gasteiger partial charge in [-0.1, -0.05) is 12.1 Å². The quantitative estimate of drug-likeness (QED) is 0.820. The first kappa shape index (κ1) is 18.1. The van der Waals surface area contributed by atoms with E-state index in [-0.39, 0.29) is 11.4 Å². The summed E-state index contributed by atoms with van der Waals surface area (Å²) in [5.74, 6) is -1.36. The number of ether oxygens (including phenoxy) is 1. The van der Waals surface area contributed by atoms with Crippen molar-refractivity contribution >= 4 is 11.9 Å². The molecular weight excluding hydrogens is 323 g/mol. The summed E-state index contributed by atoms with van der Waals surface area (Å²) in [6.07, 6.45) is -0.404. The summed E-state index contributed by atoms with van der Waals surface area (Å²) < 4.78 is 17.9. The van der Waals surface area contributed by atoms with Gasteiger partial charge in [-0.15, -0.1) is 0 Å². The van der Waals surface area contributed by atoms with Gasteiger partial charge in [-0.2, -0.15) is 5.26 Å². The lowest BCUT2D eigenvalue weighted by Gasteiger charge is -2.13. The predicted molar refractivity (Wildman–Crippen MR) is 89.1 cm³/mol. The highest BCUT2D eigenvalue weighted by atomic mass is 19.1. The van der Waals surface area contributed by atoms with Gasteiger partial charge < -0.3 is 10.1 Å². The van der Waals surface area contributed by atoms with Gasteiger partial charge in [0.25, 0.3) is 5.91 Å². The molecule has 0 aliphatic heterocycles. The average molecular weight is 340 g/mol. The summed E-state index contributed by atoms with van der Waals surface area (Å²) in [5, 5.41) is 11.4. The Labute approximate surface area is 145 Å². The van der Waals surface area contributed by atoms with Gasteiger partial charge in [-0.05, 0) is 55.3 Å². The Balaban J connectivity index is 1.79.